The zero-order valence-corrected chi connectivity index (χ0v) is 10.6. The van der Waals surface area contributed by atoms with Crippen LogP contribution in [0.15, 0.2) is 18.2 Å². The van der Waals surface area contributed by atoms with Gasteiger partial charge in [0.1, 0.15) is 11.9 Å². The van der Waals surface area contributed by atoms with E-state index in [2.05, 4.69) is 33.8 Å². The van der Waals surface area contributed by atoms with Gasteiger partial charge < -0.3 is 10.5 Å². The Kier molecular flexibility index (Phi) is 2.70. The molecule has 88 valence electrons. The minimum atomic E-state index is 0.0934. The van der Waals surface area contributed by atoms with Crippen LogP contribution in [0.4, 0.5) is 0 Å². The van der Waals surface area contributed by atoms with Crippen molar-refractivity contribution in [3.63, 3.8) is 0 Å². The largest absolute Gasteiger partial charge is 0.489 e. The summed E-state index contributed by atoms with van der Waals surface area (Å²) in [6, 6.07) is 6.47. The van der Waals surface area contributed by atoms with Gasteiger partial charge in [-0.2, -0.15) is 0 Å². The highest BCUT2D eigenvalue weighted by molar-refractivity contribution is 5.38. The number of ether oxygens (including phenoxy) is 1. The Labute approximate surface area is 97.8 Å². The molecule has 0 amide bonds. The Hall–Kier alpha value is -1.02. The van der Waals surface area contributed by atoms with E-state index >= 15 is 0 Å². The lowest BCUT2D eigenvalue weighted by Crippen LogP contribution is -2.60. The fourth-order valence-corrected chi connectivity index (χ4v) is 2.12. The van der Waals surface area contributed by atoms with E-state index in [9.17, 15) is 0 Å². The molecule has 1 aromatic carbocycles. The Morgan fingerprint density at radius 2 is 2.00 bits per heavy atom. The summed E-state index contributed by atoms with van der Waals surface area (Å²) in [6.45, 7) is 8.57. The first kappa shape index (κ1) is 11.5. The van der Waals surface area contributed by atoms with Crippen LogP contribution in [0.1, 0.15) is 31.4 Å². The number of nitrogens with two attached hydrogens (primary N) is 1. The fourth-order valence-electron chi connectivity index (χ4n) is 2.12. The van der Waals surface area contributed by atoms with Crippen molar-refractivity contribution in [1.82, 2.24) is 0 Å². The predicted molar refractivity (Wildman–Crippen MR) is 66.7 cm³/mol. The number of hydrogen-bond donors (Lipinski definition) is 1. The number of hydrogen-bond acceptors (Lipinski definition) is 2. The molecule has 0 saturated heterocycles. The summed E-state index contributed by atoms with van der Waals surface area (Å²) in [4.78, 5) is 0. The molecule has 0 bridgehead atoms. The topological polar surface area (TPSA) is 35.2 Å². The first-order valence-electron chi connectivity index (χ1n) is 5.91. The average molecular weight is 219 g/mol. The van der Waals surface area contributed by atoms with E-state index in [-0.39, 0.29) is 17.6 Å². The third kappa shape index (κ3) is 1.71. The highest BCUT2D eigenvalue weighted by Gasteiger charge is 2.48. The molecule has 2 N–H and O–H groups in total. The maximum Gasteiger partial charge on any atom is 0.122 e. The summed E-state index contributed by atoms with van der Waals surface area (Å²) >= 11 is 0. The van der Waals surface area contributed by atoms with Crippen LogP contribution in [0.5, 0.6) is 5.75 Å². The second kappa shape index (κ2) is 3.77. The van der Waals surface area contributed by atoms with Crippen LogP contribution in [0.25, 0.3) is 0 Å². The van der Waals surface area contributed by atoms with Gasteiger partial charge in [-0.15, -0.1) is 0 Å². The second-order valence-corrected chi connectivity index (χ2v) is 5.47. The van der Waals surface area contributed by atoms with Crippen LogP contribution >= 0.6 is 0 Å². The van der Waals surface area contributed by atoms with Gasteiger partial charge in [-0.1, -0.05) is 26.0 Å². The molecule has 1 aliphatic carbocycles. The molecular formula is C14H21NO. The van der Waals surface area contributed by atoms with Crippen LogP contribution in [0.2, 0.25) is 0 Å². The SMILES string of the molecule is Cc1cccc(OC2CC(N)C2(C)C)c1C. The molecule has 16 heavy (non-hydrogen) atoms. The molecule has 0 heterocycles. The van der Waals surface area contributed by atoms with Gasteiger partial charge >= 0.3 is 0 Å². The van der Waals surface area contributed by atoms with Crippen molar-refractivity contribution in [3.8, 4) is 5.75 Å². The second-order valence-electron chi connectivity index (χ2n) is 5.47. The van der Waals surface area contributed by atoms with Gasteiger partial charge in [0.2, 0.25) is 0 Å². The van der Waals surface area contributed by atoms with Crippen LogP contribution in [0.3, 0.4) is 0 Å². The van der Waals surface area contributed by atoms with Crippen LogP contribution in [-0.2, 0) is 0 Å². The lowest BCUT2D eigenvalue weighted by molar-refractivity contribution is -0.0403. The van der Waals surface area contributed by atoms with E-state index in [1.54, 1.807) is 0 Å². The van der Waals surface area contributed by atoms with Crippen molar-refractivity contribution < 1.29 is 4.74 Å². The number of aryl methyl sites for hydroxylation is 1. The quantitative estimate of drug-likeness (QED) is 0.830. The average Bonchev–Trinajstić information content (AvgIpc) is 2.24. The van der Waals surface area contributed by atoms with Crippen molar-refractivity contribution >= 4 is 0 Å². The van der Waals surface area contributed by atoms with Gasteiger partial charge in [-0.05, 0) is 31.0 Å². The van der Waals surface area contributed by atoms with Crippen LogP contribution in [0, 0.1) is 19.3 Å². The maximum atomic E-state index is 6.07. The first-order valence-corrected chi connectivity index (χ1v) is 5.91. The number of rotatable bonds is 2. The van der Waals surface area contributed by atoms with Gasteiger partial charge in [0, 0.05) is 17.9 Å². The summed E-state index contributed by atoms with van der Waals surface area (Å²) < 4.78 is 6.07. The third-order valence-corrected chi connectivity index (χ3v) is 4.08. The molecule has 2 unspecified atom stereocenters. The van der Waals surface area contributed by atoms with Gasteiger partial charge in [-0.3, -0.25) is 0 Å². The maximum absolute atomic E-state index is 6.07. The van der Waals surface area contributed by atoms with E-state index in [0.717, 1.165) is 12.2 Å². The smallest absolute Gasteiger partial charge is 0.122 e. The summed E-state index contributed by atoms with van der Waals surface area (Å²) in [6.07, 6.45) is 1.21. The monoisotopic (exact) mass is 219 g/mol. The molecule has 1 aromatic rings. The molecule has 1 saturated carbocycles. The summed E-state index contributed by atoms with van der Waals surface area (Å²) in [5.41, 5.74) is 8.59. The lowest BCUT2D eigenvalue weighted by atomic mass is 9.65. The van der Waals surface area contributed by atoms with Crippen LogP contribution < -0.4 is 10.5 Å². The van der Waals surface area contributed by atoms with Gasteiger partial charge in [0.15, 0.2) is 0 Å². The summed E-state index contributed by atoms with van der Waals surface area (Å²) in [5.74, 6) is 1.00. The molecule has 1 fully saturated rings. The van der Waals surface area contributed by atoms with E-state index in [1.807, 2.05) is 12.1 Å². The van der Waals surface area contributed by atoms with E-state index in [0.29, 0.717) is 0 Å². The van der Waals surface area contributed by atoms with Crippen molar-refractivity contribution in [2.45, 2.75) is 46.3 Å². The molecule has 1 aliphatic rings. The fraction of sp³-hybridized carbons (Fsp3) is 0.571. The van der Waals surface area contributed by atoms with Gasteiger partial charge in [0.25, 0.3) is 0 Å². The molecule has 2 heteroatoms. The Morgan fingerprint density at radius 1 is 1.31 bits per heavy atom. The van der Waals surface area contributed by atoms with Crippen molar-refractivity contribution in [1.29, 1.82) is 0 Å². The molecule has 2 rings (SSSR count). The Bertz CT molecular complexity index is 398. The van der Waals surface area contributed by atoms with Crippen LogP contribution in [-0.4, -0.2) is 12.1 Å². The molecule has 0 aromatic heterocycles. The minimum Gasteiger partial charge on any atom is -0.489 e. The van der Waals surface area contributed by atoms with Crippen molar-refractivity contribution in [2.24, 2.45) is 11.1 Å². The third-order valence-electron chi connectivity index (χ3n) is 4.08. The van der Waals surface area contributed by atoms with Crippen molar-refractivity contribution in [2.75, 3.05) is 0 Å². The molecule has 2 nitrogen and oxygen atoms in total. The highest BCUT2D eigenvalue weighted by atomic mass is 16.5. The Morgan fingerprint density at radius 3 is 2.56 bits per heavy atom. The van der Waals surface area contributed by atoms with Crippen molar-refractivity contribution in [3.05, 3.63) is 29.3 Å². The molecule has 0 aliphatic heterocycles. The lowest BCUT2D eigenvalue weighted by Gasteiger charge is -2.49. The standard InChI is InChI=1S/C14H21NO/c1-9-6-5-7-11(10(9)2)16-13-8-12(15)14(13,3)4/h5-7,12-13H,8,15H2,1-4H3. The van der Waals surface area contributed by atoms with Gasteiger partial charge in [-0.25, -0.2) is 0 Å². The van der Waals surface area contributed by atoms with E-state index < -0.39 is 0 Å². The summed E-state index contributed by atoms with van der Waals surface area (Å²) in [7, 11) is 0. The normalized spacial score (nSPS) is 27.3. The first-order chi connectivity index (χ1) is 7.43. The highest BCUT2D eigenvalue weighted by Crippen LogP contribution is 2.42. The zero-order valence-electron chi connectivity index (χ0n) is 10.6. The minimum absolute atomic E-state index is 0.0934. The predicted octanol–water partition coefficient (Wildman–Crippen LogP) is 2.81. The van der Waals surface area contributed by atoms with Gasteiger partial charge in [0.05, 0.1) is 0 Å². The Balaban J connectivity index is 2.14. The van der Waals surface area contributed by atoms with E-state index in [1.165, 1.54) is 11.1 Å². The number of benzene rings is 1. The molecular weight excluding hydrogens is 198 g/mol. The molecule has 0 spiro atoms. The molecule has 0 radical (unpaired) electrons. The molecule has 2 atom stereocenters. The van der Waals surface area contributed by atoms with E-state index in [4.69, 9.17) is 10.5 Å². The zero-order chi connectivity index (χ0) is 11.9. The summed E-state index contributed by atoms with van der Waals surface area (Å²) in [5, 5.41) is 0.